The van der Waals surface area contributed by atoms with Gasteiger partial charge < -0.3 is 10.6 Å². The van der Waals surface area contributed by atoms with Crippen LogP contribution >= 0.6 is 22.9 Å². The van der Waals surface area contributed by atoms with Crippen LogP contribution < -0.4 is 10.6 Å². The van der Waals surface area contributed by atoms with Crippen LogP contribution in [0.1, 0.15) is 19.4 Å². The molecule has 1 aromatic heterocycles. The highest BCUT2D eigenvalue weighted by Gasteiger charge is 2.21. The number of nitrogens with one attached hydrogen (secondary N) is 2. The van der Waals surface area contributed by atoms with Crippen LogP contribution in [0.2, 0.25) is 5.02 Å². The smallest absolute Gasteiger partial charge is 0.319 e. The van der Waals surface area contributed by atoms with E-state index in [-0.39, 0.29) is 11.4 Å². The molecule has 0 atom stereocenters. The normalized spacial score (nSPS) is 11.2. The maximum Gasteiger partial charge on any atom is 0.319 e. The van der Waals surface area contributed by atoms with E-state index in [1.807, 2.05) is 17.5 Å². The Morgan fingerprint density at radius 1 is 1.30 bits per heavy atom. The third-order valence-electron chi connectivity index (χ3n) is 3.12. The lowest BCUT2D eigenvalue weighted by Crippen LogP contribution is -2.38. The molecule has 0 saturated carbocycles. The van der Waals surface area contributed by atoms with Gasteiger partial charge in [0.05, 0.1) is 10.7 Å². The fourth-order valence-corrected chi connectivity index (χ4v) is 2.81. The average molecular weight is 309 g/mol. The van der Waals surface area contributed by atoms with Crippen molar-refractivity contribution < 1.29 is 4.79 Å². The fourth-order valence-electron chi connectivity index (χ4n) is 1.78. The van der Waals surface area contributed by atoms with Gasteiger partial charge in [-0.2, -0.15) is 11.3 Å². The van der Waals surface area contributed by atoms with Crippen LogP contribution in [0, 0.1) is 0 Å². The van der Waals surface area contributed by atoms with E-state index >= 15 is 0 Å². The van der Waals surface area contributed by atoms with Gasteiger partial charge in [-0.15, -0.1) is 0 Å². The lowest BCUT2D eigenvalue weighted by Gasteiger charge is -2.24. The third kappa shape index (κ3) is 3.74. The largest absolute Gasteiger partial charge is 0.337 e. The molecule has 0 fully saturated rings. The maximum absolute atomic E-state index is 11.9. The summed E-state index contributed by atoms with van der Waals surface area (Å²) in [6, 6.07) is 9.00. The summed E-state index contributed by atoms with van der Waals surface area (Å²) in [4.78, 5) is 11.9. The zero-order valence-electron chi connectivity index (χ0n) is 11.4. The lowest BCUT2D eigenvalue weighted by atomic mass is 9.87. The quantitative estimate of drug-likeness (QED) is 0.858. The van der Waals surface area contributed by atoms with Gasteiger partial charge in [0, 0.05) is 12.0 Å². The summed E-state index contributed by atoms with van der Waals surface area (Å²) in [5, 5.41) is 10.3. The van der Waals surface area contributed by atoms with Gasteiger partial charge in [-0.05, 0) is 34.5 Å². The molecule has 2 N–H and O–H groups in total. The molecule has 3 nitrogen and oxygen atoms in total. The third-order valence-corrected chi connectivity index (χ3v) is 4.13. The number of rotatable bonds is 4. The Hall–Kier alpha value is -1.52. The van der Waals surface area contributed by atoms with Crippen molar-refractivity contribution in [3.05, 3.63) is 51.7 Å². The van der Waals surface area contributed by atoms with E-state index in [0.717, 1.165) is 0 Å². The first kappa shape index (κ1) is 14.9. The number of carbonyl (C=O) groups is 1. The topological polar surface area (TPSA) is 41.1 Å². The summed E-state index contributed by atoms with van der Waals surface area (Å²) >= 11 is 7.66. The van der Waals surface area contributed by atoms with Gasteiger partial charge in [0.1, 0.15) is 0 Å². The molecule has 0 unspecified atom stereocenters. The van der Waals surface area contributed by atoms with Gasteiger partial charge in [0.15, 0.2) is 0 Å². The zero-order chi connectivity index (χ0) is 14.6. The van der Waals surface area contributed by atoms with E-state index < -0.39 is 0 Å². The molecular formula is C15H17ClN2OS. The Morgan fingerprint density at radius 2 is 2.05 bits per heavy atom. The molecule has 0 aliphatic carbocycles. The summed E-state index contributed by atoms with van der Waals surface area (Å²) in [5.41, 5.74) is 1.73. The van der Waals surface area contributed by atoms with Crippen LogP contribution in [0.4, 0.5) is 10.5 Å². The summed E-state index contributed by atoms with van der Waals surface area (Å²) in [5.74, 6) is 0. The second-order valence-corrected chi connectivity index (χ2v) is 6.37. The van der Waals surface area contributed by atoms with Gasteiger partial charge in [-0.25, -0.2) is 4.79 Å². The van der Waals surface area contributed by atoms with Crippen LogP contribution in [0.3, 0.4) is 0 Å². The highest BCUT2D eigenvalue weighted by atomic mass is 35.5. The molecule has 0 radical (unpaired) electrons. The van der Waals surface area contributed by atoms with Crippen molar-refractivity contribution in [3.63, 3.8) is 0 Å². The number of urea groups is 1. The highest BCUT2D eigenvalue weighted by molar-refractivity contribution is 7.08. The molecule has 106 valence electrons. The molecule has 0 bridgehead atoms. The van der Waals surface area contributed by atoms with Gasteiger partial charge in [0.25, 0.3) is 0 Å². The fraction of sp³-hybridized carbons (Fsp3) is 0.267. The first-order chi connectivity index (χ1) is 9.49. The Labute approximate surface area is 128 Å². The number of halogens is 1. The summed E-state index contributed by atoms with van der Waals surface area (Å²) in [7, 11) is 0. The lowest BCUT2D eigenvalue weighted by molar-refractivity contribution is 0.249. The minimum Gasteiger partial charge on any atom is -0.337 e. The minimum atomic E-state index is -0.249. The number of hydrogen-bond donors (Lipinski definition) is 2. The highest BCUT2D eigenvalue weighted by Crippen LogP contribution is 2.24. The molecule has 0 saturated heterocycles. The van der Waals surface area contributed by atoms with Crippen LogP contribution in [0.25, 0.3) is 0 Å². The number of hydrogen-bond acceptors (Lipinski definition) is 2. The molecule has 20 heavy (non-hydrogen) atoms. The van der Waals surface area contributed by atoms with Crippen molar-refractivity contribution in [2.24, 2.45) is 0 Å². The van der Waals surface area contributed by atoms with Gasteiger partial charge in [-0.3, -0.25) is 0 Å². The number of carbonyl (C=O) groups excluding carboxylic acids is 1. The molecule has 5 heteroatoms. The van der Waals surface area contributed by atoms with Crippen molar-refractivity contribution in [1.82, 2.24) is 5.32 Å². The molecule has 2 amide bonds. The van der Waals surface area contributed by atoms with Crippen molar-refractivity contribution in [3.8, 4) is 0 Å². The first-order valence-electron chi connectivity index (χ1n) is 6.31. The van der Waals surface area contributed by atoms with Crippen LogP contribution in [0.15, 0.2) is 41.1 Å². The predicted octanol–water partition coefficient (Wildman–Crippen LogP) is 4.50. The van der Waals surface area contributed by atoms with Crippen molar-refractivity contribution in [2.75, 3.05) is 11.9 Å². The van der Waals surface area contributed by atoms with Crippen LogP contribution in [-0.2, 0) is 5.41 Å². The van der Waals surface area contributed by atoms with Crippen molar-refractivity contribution in [2.45, 2.75) is 19.3 Å². The van der Waals surface area contributed by atoms with Crippen molar-refractivity contribution >= 4 is 34.7 Å². The standard InChI is InChI=1S/C15H17ClN2OS/c1-15(2,11-7-8-20-9-11)10-17-14(19)18-13-6-4-3-5-12(13)16/h3-9H,10H2,1-2H3,(H2,17,18,19). The van der Waals surface area contributed by atoms with Crippen molar-refractivity contribution in [1.29, 1.82) is 0 Å². The summed E-state index contributed by atoms with van der Waals surface area (Å²) in [6.45, 7) is 4.76. The number of thiophene rings is 1. The molecular weight excluding hydrogens is 292 g/mol. The number of amides is 2. The van der Waals surface area contributed by atoms with E-state index in [1.54, 1.807) is 23.5 Å². The van der Waals surface area contributed by atoms with Gasteiger partial charge in [0.2, 0.25) is 0 Å². The Morgan fingerprint density at radius 3 is 2.70 bits per heavy atom. The summed E-state index contributed by atoms with van der Waals surface area (Å²) in [6.07, 6.45) is 0. The number of benzene rings is 1. The molecule has 2 aromatic rings. The Balaban J connectivity index is 1.91. The monoisotopic (exact) mass is 308 g/mol. The van der Waals surface area contributed by atoms with Gasteiger partial charge in [-0.1, -0.05) is 37.6 Å². The predicted molar refractivity (Wildman–Crippen MR) is 85.8 cm³/mol. The Kier molecular flexibility index (Phi) is 4.68. The number of anilines is 1. The van der Waals surface area contributed by atoms with E-state index in [9.17, 15) is 4.79 Å². The zero-order valence-corrected chi connectivity index (χ0v) is 13.0. The maximum atomic E-state index is 11.9. The molecule has 0 spiro atoms. The molecule has 1 heterocycles. The molecule has 1 aromatic carbocycles. The van der Waals surface area contributed by atoms with E-state index in [2.05, 4.69) is 35.9 Å². The first-order valence-corrected chi connectivity index (χ1v) is 7.63. The van der Waals surface area contributed by atoms with E-state index in [0.29, 0.717) is 17.3 Å². The number of para-hydroxylation sites is 1. The average Bonchev–Trinajstić information content (AvgIpc) is 2.94. The van der Waals surface area contributed by atoms with Gasteiger partial charge >= 0.3 is 6.03 Å². The minimum absolute atomic E-state index is 0.0994. The Bertz CT molecular complexity index is 581. The van der Waals surface area contributed by atoms with E-state index in [1.165, 1.54) is 5.56 Å². The molecule has 2 rings (SSSR count). The second-order valence-electron chi connectivity index (χ2n) is 5.18. The molecule has 0 aliphatic rings. The van der Waals surface area contributed by atoms with Crippen LogP contribution in [-0.4, -0.2) is 12.6 Å². The van der Waals surface area contributed by atoms with E-state index in [4.69, 9.17) is 11.6 Å². The van der Waals surface area contributed by atoms with Crippen LogP contribution in [0.5, 0.6) is 0 Å². The SMILES string of the molecule is CC(C)(CNC(=O)Nc1ccccc1Cl)c1ccsc1. The second kappa shape index (κ2) is 6.29. The summed E-state index contributed by atoms with van der Waals surface area (Å²) < 4.78 is 0. The molecule has 0 aliphatic heterocycles.